The number of nitriles is 1. The Labute approximate surface area is 231 Å². The van der Waals surface area contributed by atoms with E-state index in [1.165, 1.54) is 12.3 Å². The number of fused-ring (bicyclic) bond motifs is 1. The molecule has 10 heteroatoms. The zero-order valence-corrected chi connectivity index (χ0v) is 22.3. The Hall–Kier alpha value is -5.14. The van der Waals surface area contributed by atoms with Gasteiger partial charge >= 0.3 is 0 Å². The van der Waals surface area contributed by atoms with Gasteiger partial charge in [0.2, 0.25) is 11.8 Å². The summed E-state index contributed by atoms with van der Waals surface area (Å²) in [5.74, 6) is 0.363. The Morgan fingerprint density at radius 1 is 1.18 bits per heavy atom. The van der Waals surface area contributed by atoms with E-state index in [2.05, 4.69) is 33.2 Å². The second-order valence-electron chi connectivity index (χ2n) is 9.54. The van der Waals surface area contributed by atoms with Gasteiger partial charge in [-0.25, -0.2) is 4.98 Å². The number of pyridine rings is 1. The van der Waals surface area contributed by atoms with E-state index < -0.39 is 0 Å². The number of anilines is 3. The van der Waals surface area contributed by atoms with E-state index in [4.69, 9.17) is 10.5 Å². The number of benzene rings is 2. The lowest BCUT2D eigenvalue weighted by Gasteiger charge is -2.29. The molecule has 2 aromatic heterocycles. The van der Waals surface area contributed by atoms with Crippen molar-refractivity contribution < 1.29 is 14.3 Å². The number of amides is 2. The van der Waals surface area contributed by atoms with Crippen molar-refractivity contribution in [2.24, 2.45) is 7.05 Å². The van der Waals surface area contributed by atoms with Gasteiger partial charge in [-0.05, 0) is 61.0 Å². The number of aryl methyl sites for hydroxylation is 1. The molecule has 0 radical (unpaired) electrons. The van der Waals surface area contributed by atoms with Crippen LogP contribution in [0, 0.1) is 11.3 Å². The summed E-state index contributed by atoms with van der Waals surface area (Å²) in [4.78, 5) is 30.7. The third-order valence-electron chi connectivity index (χ3n) is 7.05. The summed E-state index contributed by atoms with van der Waals surface area (Å²) < 4.78 is 7.60. The molecule has 0 spiro atoms. The SMILES string of the molecule is C=CC(=O)Nc1ccc(-c2c(-c3ccc(NC(=O)CN4CCC4)c(OC)c3)c3c(N)ncc(C#N)c3n2C)cc1. The van der Waals surface area contributed by atoms with E-state index in [-0.39, 0.29) is 17.6 Å². The molecule has 4 aromatic rings. The number of carbonyl (C=O) groups is 2. The summed E-state index contributed by atoms with van der Waals surface area (Å²) in [6, 6.07) is 15.1. The smallest absolute Gasteiger partial charge is 0.247 e. The highest BCUT2D eigenvalue weighted by Gasteiger charge is 2.24. The molecular weight excluding hydrogens is 506 g/mol. The minimum absolute atomic E-state index is 0.104. The van der Waals surface area contributed by atoms with Crippen molar-refractivity contribution in [1.82, 2.24) is 14.5 Å². The molecule has 10 nitrogen and oxygen atoms in total. The summed E-state index contributed by atoms with van der Waals surface area (Å²) in [5, 5.41) is 16.2. The summed E-state index contributed by atoms with van der Waals surface area (Å²) >= 11 is 0. The van der Waals surface area contributed by atoms with Gasteiger partial charge in [-0.1, -0.05) is 24.8 Å². The topological polar surface area (TPSA) is 138 Å². The van der Waals surface area contributed by atoms with Crippen LogP contribution in [0.25, 0.3) is 33.3 Å². The van der Waals surface area contributed by atoms with Crippen molar-refractivity contribution in [3.8, 4) is 34.2 Å². The van der Waals surface area contributed by atoms with Crippen LogP contribution < -0.4 is 21.1 Å². The first kappa shape index (κ1) is 26.5. The van der Waals surface area contributed by atoms with Crippen molar-refractivity contribution in [3.63, 3.8) is 0 Å². The van der Waals surface area contributed by atoms with Crippen molar-refractivity contribution in [3.05, 3.63) is 66.9 Å². The molecule has 4 N–H and O–H groups in total. The monoisotopic (exact) mass is 535 g/mol. The standard InChI is InChI=1S/C30H29N7O3/c1-4-24(38)34-21-9-6-18(7-10-21)28-26(27-29(36(28)2)20(15-31)16-33-30(27)32)19-8-11-22(23(14-19)40-3)35-25(39)17-37-12-5-13-37/h4,6-11,14,16H,1,5,12-13,17H2,2-3H3,(H2,32,33)(H,34,38)(H,35,39). The fourth-order valence-corrected chi connectivity index (χ4v) is 5.00. The van der Waals surface area contributed by atoms with Gasteiger partial charge in [0.05, 0.1) is 41.5 Å². The number of methoxy groups -OCH3 is 1. The first-order chi connectivity index (χ1) is 19.3. The fraction of sp³-hybridized carbons (Fsp3) is 0.200. The number of nitrogen functional groups attached to an aromatic ring is 1. The van der Waals surface area contributed by atoms with Crippen LogP contribution in [-0.4, -0.2) is 53.0 Å². The van der Waals surface area contributed by atoms with Crippen LogP contribution >= 0.6 is 0 Å². The average molecular weight is 536 g/mol. The highest BCUT2D eigenvalue weighted by atomic mass is 16.5. The Morgan fingerprint density at radius 3 is 2.52 bits per heavy atom. The number of hydrogen-bond acceptors (Lipinski definition) is 7. The van der Waals surface area contributed by atoms with Crippen molar-refractivity contribution in [2.45, 2.75) is 6.42 Å². The molecule has 2 aromatic carbocycles. The van der Waals surface area contributed by atoms with Crippen LogP contribution in [-0.2, 0) is 16.6 Å². The van der Waals surface area contributed by atoms with Crippen molar-refractivity contribution >= 4 is 39.9 Å². The number of likely N-dealkylation sites (tertiary alicyclic amines) is 1. The lowest BCUT2D eigenvalue weighted by atomic mass is 9.97. The Bertz CT molecular complexity index is 1680. The molecular formula is C30H29N7O3. The number of nitrogens with two attached hydrogens (primary N) is 1. The molecule has 202 valence electrons. The largest absolute Gasteiger partial charge is 0.495 e. The fourth-order valence-electron chi connectivity index (χ4n) is 5.00. The predicted molar refractivity (Wildman–Crippen MR) is 156 cm³/mol. The predicted octanol–water partition coefficient (Wildman–Crippen LogP) is 4.14. The maximum absolute atomic E-state index is 12.6. The minimum atomic E-state index is -0.306. The third kappa shape index (κ3) is 4.86. The van der Waals surface area contributed by atoms with E-state index in [1.807, 2.05) is 35.9 Å². The van der Waals surface area contributed by atoms with E-state index in [9.17, 15) is 14.9 Å². The number of nitrogens with zero attached hydrogens (tertiary/aromatic N) is 4. The highest BCUT2D eigenvalue weighted by molar-refractivity contribution is 6.11. The van der Waals surface area contributed by atoms with E-state index >= 15 is 0 Å². The molecule has 5 rings (SSSR count). The van der Waals surface area contributed by atoms with Crippen LogP contribution in [0.15, 0.2) is 61.3 Å². The van der Waals surface area contributed by atoms with Crippen LogP contribution in [0.3, 0.4) is 0 Å². The number of ether oxygens (including phenoxy) is 1. The minimum Gasteiger partial charge on any atom is -0.495 e. The number of aromatic nitrogens is 2. The summed E-state index contributed by atoms with van der Waals surface area (Å²) in [5.41, 5.74) is 11.8. The summed E-state index contributed by atoms with van der Waals surface area (Å²) in [6.45, 7) is 5.67. The molecule has 0 atom stereocenters. The van der Waals surface area contributed by atoms with Gasteiger partial charge < -0.3 is 25.7 Å². The summed E-state index contributed by atoms with van der Waals surface area (Å²) in [7, 11) is 3.42. The maximum atomic E-state index is 12.6. The molecule has 3 heterocycles. The van der Waals surface area contributed by atoms with Gasteiger partial charge in [-0.3, -0.25) is 14.5 Å². The van der Waals surface area contributed by atoms with E-state index in [0.29, 0.717) is 40.1 Å². The molecule has 0 aliphatic carbocycles. The Morgan fingerprint density at radius 2 is 1.90 bits per heavy atom. The number of rotatable bonds is 8. The first-order valence-corrected chi connectivity index (χ1v) is 12.8. The lowest BCUT2D eigenvalue weighted by Crippen LogP contribution is -2.42. The number of carbonyl (C=O) groups excluding carboxylic acids is 2. The molecule has 40 heavy (non-hydrogen) atoms. The summed E-state index contributed by atoms with van der Waals surface area (Å²) in [6.07, 6.45) is 3.78. The van der Waals surface area contributed by atoms with Crippen molar-refractivity contribution in [1.29, 1.82) is 5.26 Å². The second-order valence-corrected chi connectivity index (χ2v) is 9.54. The molecule has 0 saturated carbocycles. The van der Waals surface area contributed by atoms with Crippen LogP contribution in [0.1, 0.15) is 12.0 Å². The second kappa shape index (κ2) is 10.9. The lowest BCUT2D eigenvalue weighted by molar-refractivity contribution is -0.118. The van der Waals surface area contributed by atoms with Crippen molar-refractivity contribution in [2.75, 3.05) is 43.1 Å². The third-order valence-corrected chi connectivity index (χ3v) is 7.05. The Balaban J connectivity index is 1.64. The highest BCUT2D eigenvalue weighted by Crippen LogP contribution is 2.45. The molecule has 0 bridgehead atoms. The Kier molecular flexibility index (Phi) is 7.23. The zero-order valence-electron chi connectivity index (χ0n) is 22.3. The zero-order chi connectivity index (χ0) is 28.4. The van der Waals surface area contributed by atoms with Gasteiger partial charge in [-0.2, -0.15) is 5.26 Å². The maximum Gasteiger partial charge on any atom is 0.247 e. The van der Waals surface area contributed by atoms with E-state index in [0.717, 1.165) is 41.9 Å². The van der Waals surface area contributed by atoms with Gasteiger partial charge in [0, 0.05) is 24.5 Å². The molecule has 1 aliphatic rings. The van der Waals surface area contributed by atoms with Crippen LogP contribution in [0.4, 0.5) is 17.2 Å². The van der Waals surface area contributed by atoms with Gasteiger partial charge in [0.25, 0.3) is 0 Å². The number of nitrogens with one attached hydrogen (secondary N) is 2. The molecule has 2 amide bonds. The first-order valence-electron chi connectivity index (χ1n) is 12.8. The molecule has 1 aliphatic heterocycles. The molecule has 0 unspecified atom stereocenters. The molecule has 1 saturated heterocycles. The van der Waals surface area contributed by atoms with Gasteiger partial charge in [-0.15, -0.1) is 0 Å². The van der Waals surface area contributed by atoms with E-state index in [1.54, 1.807) is 25.3 Å². The van der Waals surface area contributed by atoms with Gasteiger partial charge in [0.15, 0.2) is 0 Å². The quantitative estimate of drug-likeness (QED) is 0.288. The average Bonchev–Trinajstić information content (AvgIpc) is 3.25. The van der Waals surface area contributed by atoms with Gasteiger partial charge in [0.1, 0.15) is 17.6 Å². The van der Waals surface area contributed by atoms with Crippen LogP contribution in [0.2, 0.25) is 0 Å². The van der Waals surface area contributed by atoms with Crippen LogP contribution in [0.5, 0.6) is 5.75 Å². The molecule has 1 fully saturated rings. The normalized spacial score (nSPS) is 12.8. The number of hydrogen-bond donors (Lipinski definition) is 3.